The van der Waals surface area contributed by atoms with Gasteiger partial charge in [0.25, 0.3) is 0 Å². The summed E-state index contributed by atoms with van der Waals surface area (Å²) in [6.07, 6.45) is 5.90. The topological polar surface area (TPSA) is 101 Å². The Balaban J connectivity index is 2.34. The van der Waals surface area contributed by atoms with Crippen LogP contribution >= 0.6 is 0 Å². The number of aliphatic hydroxyl groups is 1. The lowest BCUT2D eigenvalue weighted by Gasteiger charge is -2.11. The number of amides is 1. The number of nitrogens with one attached hydrogen (secondary N) is 1. The second-order valence-electron chi connectivity index (χ2n) is 4.16. The number of nitrogens with two attached hydrogens (primary N) is 1. The van der Waals surface area contributed by atoms with E-state index in [0.29, 0.717) is 11.4 Å². The number of ether oxygens (including phenoxy) is 1. The number of aromatic amines is 1. The van der Waals surface area contributed by atoms with Gasteiger partial charge in [-0.15, -0.1) is 0 Å². The molecule has 1 amide bonds. The molecule has 6 nitrogen and oxygen atoms in total. The van der Waals surface area contributed by atoms with E-state index in [2.05, 4.69) is 9.97 Å². The molecule has 0 aliphatic heterocycles. The first-order chi connectivity index (χ1) is 9.10. The van der Waals surface area contributed by atoms with Crippen molar-refractivity contribution in [1.29, 1.82) is 0 Å². The van der Waals surface area contributed by atoms with Crippen LogP contribution in [0.5, 0.6) is 5.75 Å². The molecular weight excluding hydrogens is 246 g/mol. The highest BCUT2D eigenvalue weighted by atomic mass is 16.5. The van der Waals surface area contributed by atoms with Crippen molar-refractivity contribution in [2.45, 2.75) is 13.0 Å². The normalized spacial score (nSPS) is 12.9. The van der Waals surface area contributed by atoms with Crippen molar-refractivity contribution in [1.82, 2.24) is 9.97 Å². The van der Waals surface area contributed by atoms with Gasteiger partial charge in [-0.3, -0.25) is 4.79 Å². The van der Waals surface area contributed by atoms with Gasteiger partial charge in [-0.1, -0.05) is 0 Å². The minimum atomic E-state index is -0.511. The van der Waals surface area contributed by atoms with Gasteiger partial charge >= 0.3 is 0 Å². The number of pyridine rings is 1. The van der Waals surface area contributed by atoms with E-state index >= 15 is 0 Å². The molecule has 2 rings (SSSR count). The van der Waals surface area contributed by atoms with Crippen molar-refractivity contribution in [3.63, 3.8) is 0 Å². The number of aromatic nitrogens is 2. The van der Waals surface area contributed by atoms with Gasteiger partial charge in [0.1, 0.15) is 17.5 Å². The number of H-pyrrole nitrogens is 1. The Morgan fingerprint density at radius 3 is 3.16 bits per heavy atom. The highest BCUT2D eigenvalue weighted by molar-refractivity contribution is 5.94. The molecule has 2 aromatic rings. The van der Waals surface area contributed by atoms with Crippen LogP contribution in [0, 0.1) is 0 Å². The first-order valence-corrected chi connectivity index (χ1v) is 5.82. The van der Waals surface area contributed by atoms with Crippen molar-refractivity contribution in [2.75, 3.05) is 6.61 Å². The molecule has 6 heteroatoms. The molecule has 0 aliphatic rings. The molecule has 100 valence electrons. The van der Waals surface area contributed by atoms with E-state index in [9.17, 15) is 4.79 Å². The number of hydrogen-bond acceptors (Lipinski definition) is 4. The fourth-order valence-electron chi connectivity index (χ4n) is 1.65. The molecular formula is C13H15N3O3. The van der Waals surface area contributed by atoms with Gasteiger partial charge in [-0.05, 0) is 19.1 Å². The lowest BCUT2D eigenvalue weighted by Crippen LogP contribution is -2.16. The van der Waals surface area contributed by atoms with Crippen LogP contribution in [0.25, 0.3) is 17.1 Å². The average molecular weight is 261 g/mol. The predicted octanol–water partition coefficient (Wildman–Crippen LogP) is 0.821. The van der Waals surface area contributed by atoms with Crippen molar-refractivity contribution >= 4 is 23.0 Å². The zero-order valence-electron chi connectivity index (χ0n) is 10.5. The number of nitrogens with zero attached hydrogens (tertiary/aromatic N) is 1. The van der Waals surface area contributed by atoms with Crippen LogP contribution in [-0.4, -0.2) is 33.7 Å². The summed E-state index contributed by atoms with van der Waals surface area (Å²) in [4.78, 5) is 17.9. The summed E-state index contributed by atoms with van der Waals surface area (Å²) in [5, 5.41) is 9.77. The number of carbonyl (C=O) groups is 1. The summed E-state index contributed by atoms with van der Waals surface area (Å²) >= 11 is 0. The Hall–Kier alpha value is -2.34. The fraction of sp³-hybridized carbons (Fsp3) is 0.231. The number of carbonyl (C=O) groups excluding carboxylic acids is 1. The molecule has 0 aromatic carbocycles. The van der Waals surface area contributed by atoms with Gasteiger partial charge < -0.3 is 20.6 Å². The summed E-state index contributed by atoms with van der Waals surface area (Å²) in [6, 6.07) is 1.80. The fourth-order valence-corrected chi connectivity index (χ4v) is 1.65. The van der Waals surface area contributed by atoms with E-state index < -0.39 is 5.91 Å². The summed E-state index contributed by atoms with van der Waals surface area (Å²) in [6.45, 7) is 1.69. The molecule has 0 saturated carbocycles. The Morgan fingerprint density at radius 2 is 2.47 bits per heavy atom. The van der Waals surface area contributed by atoms with E-state index in [1.165, 1.54) is 6.08 Å². The lowest BCUT2D eigenvalue weighted by atomic mass is 10.2. The van der Waals surface area contributed by atoms with Gasteiger partial charge in [0.05, 0.1) is 12.8 Å². The average Bonchev–Trinajstić information content (AvgIpc) is 2.78. The molecule has 2 heterocycles. The van der Waals surface area contributed by atoms with Crippen LogP contribution in [0.2, 0.25) is 0 Å². The van der Waals surface area contributed by atoms with Gasteiger partial charge in [0.15, 0.2) is 0 Å². The second kappa shape index (κ2) is 5.53. The van der Waals surface area contributed by atoms with Crippen LogP contribution in [0.3, 0.4) is 0 Å². The van der Waals surface area contributed by atoms with Crippen LogP contribution in [0.15, 0.2) is 24.5 Å². The largest absolute Gasteiger partial charge is 0.487 e. The number of hydrogen-bond donors (Lipinski definition) is 3. The van der Waals surface area contributed by atoms with Gasteiger partial charge in [0, 0.05) is 23.2 Å². The Labute approximate surface area is 109 Å². The zero-order valence-corrected chi connectivity index (χ0v) is 10.5. The van der Waals surface area contributed by atoms with Crippen LogP contribution in [-0.2, 0) is 4.79 Å². The van der Waals surface area contributed by atoms with E-state index in [-0.39, 0.29) is 12.7 Å². The standard InChI is InChI=1S/C13H15N3O3/c1-8(7-17)19-10-4-11-9(2-3-12(14)18)5-15-13(11)16-6-10/h2-6,8,17H,7H2,1H3,(H2,14,18)(H,15,16)/b3-2+. The zero-order chi connectivity index (χ0) is 13.8. The molecule has 0 fully saturated rings. The third kappa shape index (κ3) is 3.11. The first kappa shape index (κ1) is 13.1. The summed E-state index contributed by atoms with van der Waals surface area (Å²) in [5.41, 5.74) is 6.55. The maximum atomic E-state index is 10.7. The summed E-state index contributed by atoms with van der Waals surface area (Å²) in [7, 11) is 0. The van der Waals surface area contributed by atoms with E-state index in [1.54, 1.807) is 31.5 Å². The third-order valence-electron chi connectivity index (χ3n) is 2.56. The van der Waals surface area contributed by atoms with E-state index in [1.807, 2.05) is 0 Å². The van der Waals surface area contributed by atoms with E-state index in [0.717, 1.165) is 10.9 Å². The molecule has 0 spiro atoms. The monoisotopic (exact) mass is 261 g/mol. The summed E-state index contributed by atoms with van der Waals surface area (Å²) in [5.74, 6) is 0.0472. The van der Waals surface area contributed by atoms with Crippen molar-refractivity contribution in [2.24, 2.45) is 5.73 Å². The number of fused-ring (bicyclic) bond motifs is 1. The minimum Gasteiger partial charge on any atom is -0.487 e. The smallest absolute Gasteiger partial charge is 0.241 e. The van der Waals surface area contributed by atoms with Gasteiger partial charge in [0.2, 0.25) is 5.91 Å². The molecule has 1 atom stereocenters. The number of primary amides is 1. The van der Waals surface area contributed by atoms with Crippen LogP contribution in [0.1, 0.15) is 12.5 Å². The first-order valence-electron chi connectivity index (χ1n) is 5.82. The maximum Gasteiger partial charge on any atom is 0.241 e. The SMILES string of the molecule is CC(CO)Oc1cnc2[nH]cc(/C=C/C(N)=O)c2c1. The van der Waals surface area contributed by atoms with Gasteiger partial charge in [-0.2, -0.15) is 0 Å². The highest BCUT2D eigenvalue weighted by Gasteiger charge is 2.07. The predicted molar refractivity (Wildman–Crippen MR) is 71.5 cm³/mol. The van der Waals surface area contributed by atoms with Gasteiger partial charge in [-0.25, -0.2) is 4.98 Å². The molecule has 0 radical (unpaired) electrons. The molecule has 1 unspecified atom stereocenters. The quantitative estimate of drug-likeness (QED) is 0.693. The van der Waals surface area contributed by atoms with Crippen molar-refractivity contribution in [3.8, 4) is 5.75 Å². The molecule has 0 saturated heterocycles. The highest BCUT2D eigenvalue weighted by Crippen LogP contribution is 2.23. The second-order valence-corrected chi connectivity index (χ2v) is 4.16. The molecule has 2 aromatic heterocycles. The Bertz CT molecular complexity index is 619. The van der Waals surface area contributed by atoms with Crippen LogP contribution < -0.4 is 10.5 Å². The van der Waals surface area contributed by atoms with Crippen molar-refractivity contribution in [3.05, 3.63) is 30.1 Å². The Kier molecular flexibility index (Phi) is 3.82. The molecule has 4 N–H and O–H groups in total. The van der Waals surface area contributed by atoms with Crippen molar-refractivity contribution < 1.29 is 14.6 Å². The molecule has 19 heavy (non-hydrogen) atoms. The third-order valence-corrected chi connectivity index (χ3v) is 2.56. The van der Waals surface area contributed by atoms with Crippen LogP contribution in [0.4, 0.5) is 0 Å². The maximum absolute atomic E-state index is 10.7. The number of aliphatic hydroxyl groups excluding tert-OH is 1. The lowest BCUT2D eigenvalue weighted by molar-refractivity contribution is -0.113. The molecule has 0 bridgehead atoms. The number of rotatable bonds is 5. The minimum absolute atomic E-state index is 0.0698. The molecule has 0 aliphatic carbocycles. The summed E-state index contributed by atoms with van der Waals surface area (Å²) < 4.78 is 5.48. The Morgan fingerprint density at radius 1 is 1.68 bits per heavy atom. The van der Waals surface area contributed by atoms with E-state index in [4.69, 9.17) is 15.6 Å².